The number of carboxylic acid groups (broad SMARTS) is 1. The summed E-state index contributed by atoms with van der Waals surface area (Å²) >= 11 is 0. The second-order valence-electron chi connectivity index (χ2n) is 4.97. The van der Waals surface area contributed by atoms with Crippen LogP contribution in [-0.2, 0) is 10.2 Å². The van der Waals surface area contributed by atoms with E-state index >= 15 is 0 Å². The molecular formula is C14H12F2O3. The van der Waals surface area contributed by atoms with Gasteiger partial charge in [0, 0.05) is 11.6 Å². The molecule has 0 amide bonds. The summed E-state index contributed by atoms with van der Waals surface area (Å²) in [5.74, 6) is -2.65. The number of carboxylic acids is 1. The van der Waals surface area contributed by atoms with Crippen LogP contribution in [-0.4, -0.2) is 11.1 Å². The normalized spacial score (nSPS) is 18.0. The van der Waals surface area contributed by atoms with E-state index in [0.29, 0.717) is 25.7 Å². The molecule has 5 heteroatoms. The summed E-state index contributed by atoms with van der Waals surface area (Å²) in [6, 6.07) is 2.13. The maximum Gasteiger partial charge on any atom is 0.314 e. The topological polar surface area (TPSA) is 50.4 Å². The first kappa shape index (κ1) is 12.1. The van der Waals surface area contributed by atoms with Crippen molar-refractivity contribution in [2.75, 3.05) is 0 Å². The van der Waals surface area contributed by atoms with Crippen LogP contribution in [0.5, 0.6) is 0 Å². The zero-order valence-electron chi connectivity index (χ0n) is 10.1. The Morgan fingerprint density at radius 1 is 1.26 bits per heavy atom. The van der Waals surface area contributed by atoms with Gasteiger partial charge in [-0.3, -0.25) is 4.79 Å². The molecule has 3 nitrogen and oxygen atoms in total. The molecule has 3 rings (SSSR count). The lowest BCUT2D eigenvalue weighted by atomic mass is 9.78. The molecule has 1 fully saturated rings. The number of aliphatic carboxylic acids is 1. The van der Waals surface area contributed by atoms with Crippen molar-refractivity contribution in [2.45, 2.75) is 31.1 Å². The highest BCUT2D eigenvalue weighted by molar-refractivity contribution is 5.90. The van der Waals surface area contributed by atoms with E-state index in [4.69, 9.17) is 4.42 Å². The van der Waals surface area contributed by atoms with E-state index in [0.717, 1.165) is 6.07 Å². The first-order chi connectivity index (χ1) is 9.06. The minimum Gasteiger partial charge on any atom is -0.481 e. The molecule has 2 aromatic rings. The molecular weight excluding hydrogens is 254 g/mol. The van der Waals surface area contributed by atoms with Crippen molar-refractivity contribution in [3.8, 4) is 0 Å². The van der Waals surface area contributed by atoms with Crippen molar-refractivity contribution < 1.29 is 23.1 Å². The highest BCUT2D eigenvalue weighted by Crippen LogP contribution is 2.45. The summed E-state index contributed by atoms with van der Waals surface area (Å²) in [6.07, 6.45) is 3.37. The number of hydrogen-bond acceptors (Lipinski definition) is 2. The number of rotatable bonds is 2. The summed E-state index contributed by atoms with van der Waals surface area (Å²) in [5.41, 5.74) is -1.30. The van der Waals surface area contributed by atoms with Gasteiger partial charge < -0.3 is 9.52 Å². The highest BCUT2D eigenvalue weighted by atomic mass is 19.1. The third-order valence-corrected chi connectivity index (χ3v) is 3.99. The van der Waals surface area contributed by atoms with Gasteiger partial charge in [-0.15, -0.1) is 0 Å². The average molecular weight is 266 g/mol. The van der Waals surface area contributed by atoms with Gasteiger partial charge in [0.1, 0.15) is 17.2 Å². The first-order valence-corrected chi connectivity index (χ1v) is 6.15. The monoisotopic (exact) mass is 266 g/mol. The Kier molecular flexibility index (Phi) is 2.59. The van der Waals surface area contributed by atoms with Crippen molar-refractivity contribution in [3.05, 3.63) is 35.6 Å². The van der Waals surface area contributed by atoms with Crippen molar-refractivity contribution in [2.24, 2.45) is 0 Å². The molecule has 1 heterocycles. The third-order valence-electron chi connectivity index (χ3n) is 3.99. The molecule has 1 aromatic carbocycles. The van der Waals surface area contributed by atoms with Gasteiger partial charge in [-0.2, -0.15) is 0 Å². The number of benzene rings is 1. The molecule has 0 saturated heterocycles. The van der Waals surface area contributed by atoms with Crippen LogP contribution < -0.4 is 0 Å². The lowest BCUT2D eigenvalue weighted by Crippen LogP contribution is -2.34. The van der Waals surface area contributed by atoms with Gasteiger partial charge in [0.05, 0.1) is 17.1 Å². The number of hydrogen-bond donors (Lipinski definition) is 1. The zero-order valence-corrected chi connectivity index (χ0v) is 10.1. The largest absolute Gasteiger partial charge is 0.481 e. The number of carbonyl (C=O) groups is 1. The quantitative estimate of drug-likeness (QED) is 0.903. The molecule has 100 valence electrons. The first-order valence-electron chi connectivity index (χ1n) is 6.15. The molecule has 0 aliphatic heterocycles. The van der Waals surface area contributed by atoms with E-state index < -0.39 is 23.0 Å². The second kappa shape index (κ2) is 4.05. The predicted molar refractivity (Wildman–Crippen MR) is 63.9 cm³/mol. The Labute approximate surface area is 107 Å². The van der Waals surface area contributed by atoms with E-state index in [1.165, 1.54) is 12.3 Å². The molecule has 19 heavy (non-hydrogen) atoms. The Bertz CT molecular complexity index is 654. The minimum atomic E-state index is -1.30. The summed E-state index contributed by atoms with van der Waals surface area (Å²) in [6.45, 7) is 0. The van der Waals surface area contributed by atoms with Crippen LogP contribution in [0.25, 0.3) is 11.0 Å². The van der Waals surface area contributed by atoms with Gasteiger partial charge >= 0.3 is 5.97 Å². The fourth-order valence-electron chi connectivity index (χ4n) is 3.06. The SMILES string of the molecule is O=C(O)C1(c2c(F)cc(F)c3ccoc23)CCCC1. The van der Waals surface area contributed by atoms with Crippen LogP contribution in [0.2, 0.25) is 0 Å². The van der Waals surface area contributed by atoms with Crippen LogP contribution in [0.15, 0.2) is 22.8 Å². The van der Waals surface area contributed by atoms with E-state index in [-0.39, 0.29) is 16.5 Å². The summed E-state index contributed by atoms with van der Waals surface area (Å²) in [7, 11) is 0. The molecule has 0 spiro atoms. The second-order valence-corrected chi connectivity index (χ2v) is 4.97. The van der Waals surface area contributed by atoms with Crippen LogP contribution in [0.1, 0.15) is 31.2 Å². The maximum atomic E-state index is 14.2. The van der Waals surface area contributed by atoms with Crippen molar-refractivity contribution in [1.82, 2.24) is 0 Å². The van der Waals surface area contributed by atoms with Gasteiger partial charge in [-0.05, 0) is 18.9 Å². The van der Waals surface area contributed by atoms with Crippen molar-refractivity contribution >= 4 is 16.9 Å². The van der Waals surface area contributed by atoms with Gasteiger partial charge in [0.25, 0.3) is 0 Å². The number of halogens is 2. The molecule has 1 saturated carbocycles. The lowest BCUT2D eigenvalue weighted by molar-refractivity contribution is -0.143. The van der Waals surface area contributed by atoms with Crippen LogP contribution in [0, 0.1) is 11.6 Å². The summed E-state index contributed by atoms with van der Waals surface area (Å²) in [5, 5.41) is 9.63. The van der Waals surface area contributed by atoms with Crippen molar-refractivity contribution in [3.63, 3.8) is 0 Å². The standard InChI is InChI=1S/C14H12F2O3/c15-9-7-10(16)11(12-8(9)3-6-19-12)14(13(17)18)4-1-2-5-14/h3,6-7H,1-2,4-5H2,(H,17,18). The Hall–Kier alpha value is -1.91. The molecule has 1 N–H and O–H groups in total. The highest BCUT2D eigenvalue weighted by Gasteiger charge is 2.47. The Morgan fingerprint density at radius 2 is 1.95 bits per heavy atom. The van der Waals surface area contributed by atoms with Crippen LogP contribution in [0.4, 0.5) is 8.78 Å². The maximum absolute atomic E-state index is 14.2. The molecule has 1 aliphatic carbocycles. The van der Waals surface area contributed by atoms with E-state index in [1.807, 2.05) is 0 Å². The van der Waals surface area contributed by atoms with Crippen LogP contribution in [0.3, 0.4) is 0 Å². The molecule has 0 bridgehead atoms. The van der Waals surface area contributed by atoms with Gasteiger partial charge in [-0.25, -0.2) is 8.78 Å². The minimum absolute atomic E-state index is 0.0149. The zero-order chi connectivity index (χ0) is 13.6. The van der Waals surface area contributed by atoms with E-state index in [9.17, 15) is 18.7 Å². The summed E-state index contributed by atoms with van der Waals surface area (Å²) < 4.78 is 32.9. The van der Waals surface area contributed by atoms with Gasteiger partial charge in [-0.1, -0.05) is 12.8 Å². The number of fused-ring (bicyclic) bond motifs is 1. The van der Waals surface area contributed by atoms with Crippen LogP contribution >= 0.6 is 0 Å². The Morgan fingerprint density at radius 3 is 2.58 bits per heavy atom. The molecule has 0 atom stereocenters. The Balaban J connectivity index is 2.35. The fourth-order valence-corrected chi connectivity index (χ4v) is 3.06. The predicted octanol–water partition coefficient (Wildman–Crippen LogP) is 3.61. The lowest BCUT2D eigenvalue weighted by Gasteiger charge is -2.25. The third kappa shape index (κ3) is 1.57. The fraction of sp³-hybridized carbons (Fsp3) is 0.357. The van der Waals surface area contributed by atoms with Crippen molar-refractivity contribution in [1.29, 1.82) is 0 Å². The van der Waals surface area contributed by atoms with E-state index in [2.05, 4.69) is 0 Å². The molecule has 0 unspecified atom stereocenters. The number of furan rings is 1. The molecule has 1 aromatic heterocycles. The van der Waals surface area contributed by atoms with Gasteiger partial charge in [0.2, 0.25) is 0 Å². The molecule has 1 aliphatic rings. The summed E-state index contributed by atoms with van der Waals surface area (Å²) in [4.78, 5) is 11.6. The smallest absolute Gasteiger partial charge is 0.314 e. The van der Waals surface area contributed by atoms with Gasteiger partial charge in [0.15, 0.2) is 0 Å². The molecule has 0 radical (unpaired) electrons. The average Bonchev–Trinajstić information content (AvgIpc) is 2.97. The van der Waals surface area contributed by atoms with E-state index in [1.54, 1.807) is 0 Å².